The minimum absolute atomic E-state index is 0.0283. The van der Waals surface area contributed by atoms with Crippen molar-refractivity contribution in [1.82, 2.24) is 4.90 Å². The highest BCUT2D eigenvalue weighted by atomic mass is 16.3. The lowest BCUT2D eigenvalue weighted by molar-refractivity contribution is 0.0510. The third-order valence-electron chi connectivity index (χ3n) is 3.52. The van der Waals surface area contributed by atoms with Crippen molar-refractivity contribution in [2.45, 2.75) is 45.2 Å². The van der Waals surface area contributed by atoms with E-state index >= 15 is 0 Å². The molecule has 1 heterocycles. The molecule has 1 N–H and O–H groups in total. The lowest BCUT2D eigenvalue weighted by Crippen LogP contribution is -2.47. The van der Waals surface area contributed by atoms with E-state index in [0.29, 0.717) is 5.56 Å². The van der Waals surface area contributed by atoms with Crippen LogP contribution in [0.15, 0.2) is 24.3 Å². The van der Waals surface area contributed by atoms with Gasteiger partial charge in [0.1, 0.15) is 5.75 Å². The number of benzene rings is 1. The Labute approximate surface area is 102 Å². The summed E-state index contributed by atoms with van der Waals surface area (Å²) in [5, 5.41) is 9.42. The zero-order valence-corrected chi connectivity index (χ0v) is 10.4. The zero-order valence-electron chi connectivity index (χ0n) is 10.4. The fourth-order valence-corrected chi connectivity index (χ4v) is 2.61. The maximum absolute atomic E-state index is 12.4. The Morgan fingerprint density at radius 3 is 2.53 bits per heavy atom. The zero-order chi connectivity index (χ0) is 12.4. The highest BCUT2D eigenvalue weighted by Crippen LogP contribution is 2.25. The maximum Gasteiger partial charge on any atom is 0.254 e. The molecule has 0 radical (unpaired) electrons. The molecular weight excluding hydrogens is 214 g/mol. The van der Waals surface area contributed by atoms with E-state index < -0.39 is 0 Å². The van der Waals surface area contributed by atoms with Crippen LogP contribution in [0.25, 0.3) is 0 Å². The van der Waals surface area contributed by atoms with Gasteiger partial charge in [0.2, 0.25) is 0 Å². The second-order valence-electron chi connectivity index (χ2n) is 4.89. The van der Waals surface area contributed by atoms with Gasteiger partial charge in [0.05, 0.1) is 0 Å². The van der Waals surface area contributed by atoms with Gasteiger partial charge in [-0.15, -0.1) is 0 Å². The van der Waals surface area contributed by atoms with E-state index in [1.807, 2.05) is 4.90 Å². The van der Waals surface area contributed by atoms with Crippen molar-refractivity contribution in [3.63, 3.8) is 0 Å². The summed E-state index contributed by atoms with van der Waals surface area (Å²) < 4.78 is 0. The molecule has 3 heteroatoms. The standard InChI is InChI=1S/C14H19NO2/c1-10-5-3-6-11(2)15(10)14(17)12-7-4-8-13(16)9-12/h4,7-11,16H,3,5-6H2,1-2H3. The second-order valence-corrected chi connectivity index (χ2v) is 4.89. The van der Waals surface area contributed by atoms with Crippen LogP contribution in [0.1, 0.15) is 43.5 Å². The fourth-order valence-electron chi connectivity index (χ4n) is 2.61. The van der Waals surface area contributed by atoms with Gasteiger partial charge in [-0.05, 0) is 51.3 Å². The number of nitrogens with zero attached hydrogens (tertiary/aromatic N) is 1. The van der Waals surface area contributed by atoms with E-state index in [-0.39, 0.29) is 23.7 Å². The number of amides is 1. The fraction of sp³-hybridized carbons (Fsp3) is 0.500. The number of phenolic OH excluding ortho intramolecular Hbond substituents is 1. The highest BCUT2D eigenvalue weighted by molar-refractivity contribution is 5.95. The van der Waals surface area contributed by atoms with Crippen LogP contribution >= 0.6 is 0 Å². The van der Waals surface area contributed by atoms with Gasteiger partial charge in [-0.2, -0.15) is 0 Å². The summed E-state index contributed by atoms with van der Waals surface area (Å²) in [5.41, 5.74) is 0.575. The normalized spacial score (nSPS) is 24.7. The maximum atomic E-state index is 12.4. The molecule has 1 aromatic carbocycles. The molecule has 92 valence electrons. The smallest absolute Gasteiger partial charge is 0.254 e. The van der Waals surface area contributed by atoms with Crippen molar-refractivity contribution in [3.8, 4) is 5.75 Å². The molecule has 0 bridgehead atoms. The number of likely N-dealkylation sites (tertiary alicyclic amines) is 1. The molecular formula is C14H19NO2. The molecule has 0 aliphatic carbocycles. The predicted octanol–water partition coefficient (Wildman–Crippen LogP) is 2.80. The SMILES string of the molecule is CC1CCCC(C)N1C(=O)c1cccc(O)c1. The second kappa shape index (κ2) is 4.78. The van der Waals surface area contributed by atoms with Crippen molar-refractivity contribution < 1.29 is 9.90 Å². The Bertz CT molecular complexity index is 406. The van der Waals surface area contributed by atoms with E-state index in [1.165, 1.54) is 12.5 Å². The van der Waals surface area contributed by atoms with Crippen LogP contribution in [-0.2, 0) is 0 Å². The molecule has 1 amide bonds. The van der Waals surface area contributed by atoms with E-state index in [9.17, 15) is 9.90 Å². The molecule has 2 atom stereocenters. The first-order valence-electron chi connectivity index (χ1n) is 6.21. The largest absolute Gasteiger partial charge is 0.508 e. The minimum Gasteiger partial charge on any atom is -0.508 e. The molecule has 2 unspecified atom stereocenters. The third kappa shape index (κ3) is 2.43. The lowest BCUT2D eigenvalue weighted by atomic mass is 9.96. The number of hydrogen-bond donors (Lipinski definition) is 1. The number of carbonyl (C=O) groups is 1. The van der Waals surface area contributed by atoms with Crippen LogP contribution in [0.5, 0.6) is 5.75 Å². The summed E-state index contributed by atoms with van der Waals surface area (Å²) in [6, 6.07) is 7.16. The average Bonchev–Trinajstić information content (AvgIpc) is 2.28. The summed E-state index contributed by atoms with van der Waals surface area (Å²) in [6.07, 6.45) is 3.32. The van der Waals surface area contributed by atoms with Crippen molar-refractivity contribution >= 4 is 5.91 Å². The van der Waals surface area contributed by atoms with Gasteiger partial charge >= 0.3 is 0 Å². The molecule has 17 heavy (non-hydrogen) atoms. The Morgan fingerprint density at radius 1 is 1.29 bits per heavy atom. The van der Waals surface area contributed by atoms with Crippen molar-refractivity contribution in [2.75, 3.05) is 0 Å². The summed E-state index contributed by atoms with van der Waals surface area (Å²) >= 11 is 0. The molecule has 1 aliphatic rings. The molecule has 3 nitrogen and oxygen atoms in total. The van der Waals surface area contributed by atoms with Crippen LogP contribution in [0.2, 0.25) is 0 Å². The molecule has 1 fully saturated rings. The van der Waals surface area contributed by atoms with Crippen LogP contribution in [0, 0.1) is 0 Å². The first kappa shape index (κ1) is 12.0. The number of hydrogen-bond acceptors (Lipinski definition) is 2. The van der Waals surface area contributed by atoms with E-state index in [2.05, 4.69) is 13.8 Å². The molecule has 1 aliphatic heterocycles. The summed E-state index contributed by atoms with van der Waals surface area (Å²) in [6.45, 7) is 4.19. The molecule has 0 spiro atoms. The van der Waals surface area contributed by atoms with Gasteiger partial charge in [0, 0.05) is 17.6 Å². The predicted molar refractivity (Wildman–Crippen MR) is 67.1 cm³/mol. The summed E-state index contributed by atoms with van der Waals surface area (Å²) in [5.74, 6) is 0.175. The Hall–Kier alpha value is -1.51. The monoisotopic (exact) mass is 233 g/mol. The van der Waals surface area contributed by atoms with Crippen molar-refractivity contribution in [1.29, 1.82) is 0 Å². The molecule has 0 aromatic heterocycles. The lowest BCUT2D eigenvalue weighted by Gasteiger charge is -2.39. The minimum atomic E-state index is 0.0283. The van der Waals surface area contributed by atoms with Gasteiger partial charge in [-0.3, -0.25) is 4.79 Å². The summed E-state index contributed by atoms with van der Waals surface area (Å²) in [7, 11) is 0. The first-order valence-corrected chi connectivity index (χ1v) is 6.21. The van der Waals surface area contributed by atoms with Gasteiger partial charge in [0.25, 0.3) is 5.91 Å². The molecule has 0 saturated carbocycles. The molecule has 2 rings (SSSR count). The Balaban J connectivity index is 2.24. The van der Waals surface area contributed by atoms with E-state index in [0.717, 1.165) is 12.8 Å². The van der Waals surface area contributed by atoms with Crippen LogP contribution in [0.3, 0.4) is 0 Å². The van der Waals surface area contributed by atoms with E-state index in [1.54, 1.807) is 18.2 Å². The number of piperidine rings is 1. The number of aromatic hydroxyl groups is 1. The third-order valence-corrected chi connectivity index (χ3v) is 3.52. The van der Waals surface area contributed by atoms with Gasteiger partial charge in [-0.1, -0.05) is 6.07 Å². The summed E-state index contributed by atoms with van der Waals surface area (Å²) in [4.78, 5) is 14.3. The van der Waals surface area contributed by atoms with Gasteiger partial charge in [0.15, 0.2) is 0 Å². The number of phenols is 1. The Kier molecular flexibility index (Phi) is 3.36. The first-order chi connectivity index (χ1) is 8.09. The van der Waals surface area contributed by atoms with Crippen LogP contribution in [0.4, 0.5) is 0 Å². The average molecular weight is 233 g/mol. The number of carbonyl (C=O) groups excluding carboxylic acids is 1. The number of rotatable bonds is 1. The van der Waals surface area contributed by atoms with Crippen LogP contribution in [-0.4, -0.2) is 28.0 Å². The van der Waals surface area contributed by atoms with Gasteiger partial charge in [-0.25, -0.2) is 0 Å². The highest BCUT2D eigenvalue weighted by Gasteiger charge is 2.29. The molecule has 1 aromatic rings. The van der Waals surface area contributed by atoms with Crippen molar-refractivity contribution in [2.24, 2.45) is 0 Å². The van der Waals surface area contributed by atoms with E-state index in [4.69, 9.17) is 0 Å². The topological polar surface area (TPSA) is 40.5 Å². The quantitative estimate of drug-likeness (QED) is 0.810. The molecule has 1 saturated heterocycles. The van der Waals surface area contributed by atoms with Gasteiger partial charge < -0.3 is 10.0 Å². The van der Waals surface area contributed by atoms with Crippen LogP contribution < -0.4 is 0 Å². The Morgan fingerprint density at radius 2 is 1.94 bits per heavy atom. The van der Waals surface area contributed by atoms with Crippen molar-refractivity contribution in [3.05, 3.63) is 29.8 Å².